The van der Waals surface area contributed by atoms with Crippen molar-refractivity contribution in [2.75, 3.05) is 23.8 Å². The molecule has 0 saturated carbocycles. The molecule has 0 saturated heterocycles. The maximum Gasteiger partial charge on any atom is 0.148 e. The summed E-state index contributed by atoms with van der Waals surface area (Å²) < 4.78 is 0. The summed E-state index contributed by atoms with van der Waals surface area (Å²) in [6, 6.07) is 1.07. The van der Waals surface area contributed by atoms with Gasteiger partial charge in [-0.2, -0.15) is 0 Å². The monoisotopic (exact) mass is 280 g/mol. The van der Waals surface area contributed by atoms with E-state index in [4.69, 9.17) is 5.84 Å². The molecule has 0 aromatic carbocycles. The van der Waals surface area contributed by atoms with Gasteiger partial charge in [0.15, 0.2) is 0 Å². The van der Waals surface area contributed by atoms with E-state index in [9.17, 15) is 0 Å². The minimum atomic E-state index is 0.534. The highest BCUT2D eigenvalue weighted by Gasteiger charge is 2.13. The fourth-order valence-electron chi connectivity index (χ4n) is 2.36. The molecule has 1 heterocycles. The van der Waals surface area contributed by atoms with E-state index in [0.717, 1.165) is 24.5 Å². The van der Waals surface area contributed by atoms with Crippen molar-refractivity contribution in [3.8, 4) is 0 Å². The Morgan fingerprint density at radius 1 is 1.05 bits per heavy atom. The molecule has 6 heteroatoms. The van der Waals surface area contributed by atoms with Crippen LogP contribution in [-0.2, 0) is 0 Å². The molecule has 0 unspecified atom stereocenters. The summed E-state index contributed by atoms with van der Waals surface area (Å²) in [5.74, 6) is 7.69. The number of hydrogen-bond donors (Lipinski definition) is 3. The molecule has 0 aliphatic carbocycles. The lowest BCUT2D eigenvalue weighted by molar-refractivity contribution is 0.182. The van der Waals surface area contributed by atoms with Gasteiger partial charge in [-0.1, -0.05) is 0 Å². The Balaban J connectivity index is 2.68. The van der Waals surface area contributed by atoms with Gasteiger partial charge in [0, 0.05) is 30.7 Å². The number of hydrogen-bond acceptors (Lipinski definition) is 6. The van der Waals surface area contributed by atoms with Gasteiger partial charge >= 0.3 is 0 Å². The van der Waals surface area contributed by atoms with Crippen LogP contribution in [0.4, 0.5) is 11.6 Å². The molecule has 1 rings (SSSR count). The molecule has 6 nitrogen and oxygen atoms in total. The number of aryl methyl sites for hydroxylation is 1. The lowest BCUT2D eigenvalue weighted by Gasteiger charge is -2.30. The number of hydrazine groups is 1. The fraction of sp³-hybridized carbons (Fsp3) is 0.714. The molecule has 1 aromatic rings. The molecule has 1 aromatic heterocycles. The van der Waals surface area contributed by atoms with Crippen molar-refractivity contribution < 1.29 is 0 Å². The molecule has 0 aliphatic heterocycles. The van der Waals surface area contributed by atoms with Crippen molar-refractivity contribution in [3.63, 3.8) is 0 Å². The second-order valence-electron chi connectivity index (χ2n) is 5.59. The number of aromatic nitrogens is 2. The van der Waals surface area contributed by atoms with Crippen molar-refractivity contribution in [1.82, 2.24) is 14.9 Å². The minimum absolute atomic E-state index is 0.534. The number of nitrogens with one attached hydrogen (secondary N) is 2. The Hall–Kier alpha value is -1.40. The quantitative estimate of drug-likeness (QED) is 0.523. The van der Waals surface area contributed by atoms with E-state index in [0.29, 0.717) is 23.7 Å². The Kier molecular flexibility index (Phi) is 6.16. The summed E-state index contributed by atoms with van der Waals surface area (Å²) in [6.45, 7) is 14.5. The lowest BCUT2D eigenvalue weighted by atomic mass is 10.2. The Morgan fingerprint density at radius 3 is 2.10 bits per heavy atom. The molecule has 4 N–H and O–H groups in total. The van der Waals surface area contributed by atoms with E-state index in [1.165, 1.54) is 0 Å². The van der Waals surface area contributed by atoms with Crippen molar-refractivity contribution in [1.29, 1.82) is 0 Å². The van der Waals surface area contributed by atoms with Crippen molar-refractivity contribution >= 4 is 11.6 Å². The highest BCUT2D eigenvalue weighted by atomic mass is 15.3. The van der Waals surface area contributed by atoms with Crippen LogP contribution in [0.5, 0.6) is 0 Å². The molecule has 0 amide bonds. The predicted octanol–water partition coefficient (Wildman–Crippen LogP) is 1.91. The third-order valence-corrected chi connectivity index (χ3v) is 3.38. The normalized spacial score (nSPS) is 11.5. The van der Waals surface area contributed by atoms with Crippen LogP contribution in [-0.4, -0.2) is 40.0 Å². The van der Waals surface area contributed by atoms with Gasteiger partial charge in [-0.3, -0.25) is 4.90 Å². The maximum atomic E-state index is 5.47. The molecule has 0 fully saturated rings. The molecular formula is C14H28N6. The first-order valence-corrected chi connectivity index (χ1v) is 7.18. The van der Waals surface area contributed by atoms with Crippen LogP contribution in [0.2, 0.25) is 0 Å². The molecular weight excluding hydrogens is 252 g/mol. The maximum absolute atomic E-state index is 5.47. The van der Waals surface area contributed by atoms with Crippen LogP contribution in [0.15, 0.2) is 0 Å². The third kappa shape index (κ3) is 4.31. The summed E-state index contributed by atoms with van der Waals surface area (Å²) in [5, 5.41) is 3.38. The number of nitrogens with two attached hydrogens (primary N) is 1. The molecule has 0 atom stereocenters. The summed E-state index contributed by atoms with van der Waals surface area (Å²) in [7, 11) is 0. The largest absolute Gasteiger partial charge is 0.368 e. The first-order valence-electron chi connectivity index (χ1n) is 7.18. The Labute approximate surface area is 122 Å². The van der Waals surface area contributed by atoms with Gasteiger partial charge in [-0.05, 0) is 41.5 Å². The van der Waals surface area contributed by atoms with E-state index in [2.05, 4.69) is 53.3 Å². The standard InChI is InChI=1S/C14H28N6/c1-9(2)20(10(3)4)8-7-16-13-11(5)14(19-15)18-12(6)17-13/h9-10H,7-8,15H2,1-6H3,(H2,16,17,18,19). The Morgan fingerprint density at radius 2 is 1.60 bits per heavy atom. The van der Waals surface area contributed by atoms with Crippen molar-refractivity contribution in [3.05, 3.63) is 11.4 Å². The van der Waals surface area contributed by atoms with E-state index < -0.39 is 0 Å². The summed E-state index contributed by atoms with van der Waals surface area (Å²) in [4.78, 5) is 11.1. The van der Waals surface area contributed by atoms with E-state index in [-0.39, 0.29) is 0 Å². The van der Waals surface area contributed by atoms with Crippen LogP contribution in [0.3, 0.4) is 0 Å². The first-order chi connectivity index (χ1) is 9.36. The molecule has 114 valence electrons. The van der Waals surface area contributed by atoms with E-state index in [1.807, 2.05) is 13.8 Å². The second kappa shape index (κ2) is 7.40. The molecule has 0 radical (unpaired) electrons. The van der Waals surface area contributed by atoms with E-state index >= 15 is 0 Å². The fourth-order valence-corrected chi connectivity index (χ4v) is 2.36. The van der Waals surface area contributed by atoms with Crippen LogP contribution in [0.1, 0.15) is 39.1 Å². The van der Waals surface area contributed by atoms with Gasteiger partial charge in [-0.25, -0.2) is 15.8 Å². The Bertz CT molecular complexity index is 422. The van der Waals surface area contributed by atoms with Gasteiger partial charge in [0.1, 0.15) is 17.5 Å². The molecule has 0 bridgehead atoms. The number of nitrogen functional groups attached to an aromatic ring is 1. The van der Waals surface area contributed by atoms with Crippen LogP contribution >= 0.6 is 0 Å². The van der Waals surface area contributed by atoms with Crippen LogP contribution in [0.25, 0.3) is 0 Å². The SMILES string of the molecule is Cc1nc(NN)c(C)c(NCCN(C(C)C)C(C)C)n1. The van der Waals surface area contributed by atoms with Crippen molar-refractivity contribution in [2.24, 2.45) is 5.84 Å². The van der Waals surface area contributed by atoms with Gasteiger partial charge in [0.2, 0.25) is 0 Å². The number of nitrogens with zero attached hydrogens (tertiary/aromatic N) is 3. The average Bonchev–Trinajstić information content (AvgIpc) is 2.36. The van der Waals surface area contributed by atoms with Gasteiger partial charge in [0.25, 0.3) is 0 Å². The summed E-state index contributed by atoms with van der Waals surface area (Å²) in [5.41, 5.74) is 3.55. The van der Waals surface area contributed by atoms with Crippen LogP contribution < -0.4 is 16.6 Å². The topological polar surface area (TPSA) is 79.1 Å². The molecule has 0 spiro atoms. The first kappa shape index (κ1) is 16.7. The second-order valence-corrected chi connectivity index (χ2v) is 5.59. The third-order valence-electron chi connectivity index (χ3n) is 3.38. The summed E-state index contributed by atoms with van der Waals surface area (Å²) >= 11 is 0. The predicted molar refractivity (Wildman–Crippen MR) is 84.8 cm³/mol. The van der Waals surface area contributed by atoms with Gasteiger partial charge in [0.05, 0.1) is 0 Å². The summed E-state index contributed by atoms with van der Waals surface area (Å²) in [6.07, 6.45) is 0. The van der Waals surface area contributed by atoms with Crippen LogP contribution in [0, 0.1) is 13.8 Å². The number of anilines is 2. The van der Waals surface area contributed by atoms with E-state index in [1.54, 1.807) is 0 Å². The zero-order valence-corrected chi connectivity index (χ0v) is 13.5. The number of rotatable bonds is 7. The van der Waals surface area contributed by atoms with Gasteiger partial charge < -0.3 is 10.7 Å². The minimum Gasteiger partial charge on any atom is -0.368 e. The van der Waals surface area contributed by atoms with Gasteiger partial charge in [-0.15, -0.1) is 0 Å². The molecule has 20 heavy (non-hydrogen) atoms. The molecule has 0 aliphatic rings. The zero-order chi connectivity index (χ0) is 15.3. The smallest absolute Gasteiger partial charge is 0.148 e. The van der Waals surface area contributed by atoms with Crippen molar-refractivity contribution in [2.45, 2.75) is 53.6 Å². The highest BCUT2D eigenvalue weighted by molar-refractivity contribution is 5.56. The highest BCUT2D eigenvalue weighted by Crippen LogP contribution is 2.18. The lowest BCUT2D eigenvalue weighted by Crippen LogP contribution is -2.40. The average molecular weight is 280 g/mol. The zero-order valence-electron chi connectivity index (χ0n) is 13.5.